The van der Waals surface area contributed by atoms with Crippen LogP contribution in [0.25, 0.3) is 0 Å². The van der Waals surface area contributed by atoms with Gasteiger partial charge in [-0.2, -0.15) is 0 Å². The molecule has 0 spiro atoms. The van der Waals surface area contributed by atoms with Crippen LogP contribution in [0, 0.1) is 11.8 Å². The number of aliphatic hydroxyl groups is 1. The van der Waals surface area contributed by atoms with E-state index in [0.717, 1.165) is 42.5 Å². The Morgan fingerprint density at radius 3 is 2.60 bits per heavy atom. The zero-order chi connectivity index (χ0) is 10.9. The molecule has 1 N–H and O–H groups in total. The molecule has 0 unspecified atom stereocenters. The van der Waals surface area contributed by atoms with Crippen LogP contribution in [0.1, 0.15) is 44.5 Å². The van der Waals surface area contributed by atoms with Crippen molar-refractivity contribution in [3.05, 3.63) is 16.6 Å². The van der Waals surface area contributed by atoms with E-state index in [4.69, 9.17) is 0 Å². The molecule has 0 atom stereocenters. The number of hydrogen-bond donors (Lipinski definition) is 1. The predicted molar refractivity (Wildman–Crippen MR) is 62.8 cm³/mol. The average molecular weight is 225 g/mol. The van der Waals surface area contributed by atoms with E-state index in [9.17, 15) is 5.11 Å². The van der Waals surface area contributed by atoms with Gasteiger partial charge in [-0.3, -0.25) is 0 Å². The van der Waals surface area contributed by atoms with Crippen molar-refractivity contribution in [2.75, 3.05) is 0 Å². The van der Waals surface area contributed by atoms with Gasteiger partial charge in [-0.25, -0.2) is 4.98 Å². The molecule has 2 nitrogen and oxygen atoms in total. The smallest absolute Gasteiger partial charge is 0.124 e. The summed E-state index contributed by atoms with van der Waals surface area (Å²) in [5.74, 6) is 1.52. The van der Waals surface area contributed by atoms with Gasteiger partial charge in [0.2, 0.25) is 0 Å². The van der Waals surface area contributed by atoms with Crippen molar-refractivity contribution in [3.63, 3.8) is 0 Å². The summed E-state index contributed by atoms with van der Waals surface area (Å²) in [4.78, 5) is 4.25. The summed E-state index contributed by atoms with van der Waals surface area (Å²) in [5, 5.41) is 13.3. The molecule has 1 aliphatic rings. The first-order valence-corrected chi connectivity index (χ1v) is 6.62. The lowest BCUT2D eigenvalue weighted by atomic mass is 9.75. The van der Waals surface area contributed by atoms with Crippen molar-refractivity contribution in [1.29, 1.82) is 0 Å². The quantitative estimate of drug-likeness (QED) is 0.838. The first-order valence-electron chi connectivity index (χ1n) is 5.74. The minimum Gasteiger partial charge on any atom is -0.383 e. The summed E-state index contributed by atoms with van der Waals surface area (Å²) in [6.45, 7) is 4.55. The topological polar surface area (TPSA) is 33.1 Å². The van der Waals surface area contributed by atoms with Gasteiger partial charge in [0.25, 0.3) is 0 Å². The van der Waals surface area contributed by atoms with Crippen LogP contribution in [-0.2, 0) is 5.60 Å². The van der Waals surface area contributed by atoms with E-state index >= 15 is 0 Å². The highest BCUT2D eigenvalue weighted by Crippen LogP contribution is 2.42. The fourth-order valence-electron chi connectivity index (χ4n) is 2.45. The van der Waals surface area contributed by atoms with Gasteiger partial charge in [0.1, 0.15) is 10.6 Å². The molecule has 1 aromatic heterocycles. The van der Waals surface area contributed by atoms with Gasteiger partial charge in [-0.05, 0) is 37.5 Å². The molecule has 0 aliphatic heterocycles. The Bertz CT molecular complexity index is 299. The lowest BCUT2D eigenvalue weighted by Crippen LogP contribution is -2.32. The van der Waals surface area contributed by atoms with Crippen molar-refractivity contribution >= 4 is 11.3 Å². The zero-order valence-electron chi connectivity index (χ0n) is 9.44. The minimum absolute atomic E-state index is 0.625. The Morgan fingerprint density at radius 2 is 2.13 bits per heavy atom. The molecule has 0 amide bonds. The second kappa shape index (κ2) is 4.22. The first-order chi connectivity index (χ1) is 7.12. The fourth-order valence-corrected chi connectivity index (χ4v) is 3.25. The average Bonchev–Trinajstić information content (AvgIpc) is 2.71. The van der Waals surface area contributed by atoms with E-state index in [0.29, 0.717) is 0 Å². The molecule has 0 bridgehead atoms. The number of thiazole rings is 1. The Hall–Kier alpha value is -0.410. The maximum Gasteiger partial charge on any atom is 0.124 e. The predicted octanol–water partition coefficient (Wildman–Crippen LogP) is 3.18. The third-order valence-corrected chi connectivity index (χ3v) is 4.60. The molecular formula is C12H19NOS. The largest absolute Gasteiger partial charge is 0.383 e. The van der Waals surface area contributed by atoms with Gasteiger partial charge < -0.3 is 5.11 Å². The highest BCUT2D eigenvalue weighted by atomic mass is 32.1. The molecule has 2 rings (SSSR count). The number of hydrogen-bond acceptors (Lipinski definition) is 3. The summed E-state index contributed by atoms with van der Waals surface area (Å²) in [5.41, 5.74) is -0.625. The van der Waals surface area contributed by atoms with Gasteiger partial charge >= 0.3 is 0 Å². The highest BCUT2D eigenvalue weighted by Gasteiger charge is 2.37. The molecule has 3 heteroatoms. The van der Waals surface area contributed by atoms with Crippen LogP contribution in [0.15, 0.2) is 11.6 Å². The van der Waals surface area contributed by atoms with Gasteiger partial charge in [-0.15, -0.1) is 11.3 Å². The van der Waals surface area contributed by atoms with E-state index in [-0.39, 0.29) is 0 Å². The summed E-state index contributed by atoms with van der Waals surface area (Å²) in [6.07, 6.45) is 5.81. The SMILES string of the molecule is CC(C)C1CCC(O)(c2nccs2)CC1. The number of rotatable bonds is 2. The summed E-state index contributed by atoms with van der Waals surface area (Å²) in [7, 11) is 0. The molecule has 1 aromatic rings. The molecule has 15 heavy (non-hydrogen) atoms. The molecule has 1 saturated carbocycles. The fraction of sp³-hybridized carbons (Fsp3) is 0.750. The van der Waals surface area contributed by atoms with Gasteiger partial charge in [0.05, 0.1) is 0 Å². The van der Waals surface area contributed by atoms with E-state index < -0.39 is 5.60 Å². The zero-order valence-corrected chi connectivity index (χ0v) is 10.3. The lowest BCUT2D eigenvalue weighted by molar-refractivity contribution is -0.0201. The van der Waals surface area contributed by atoms with Crippen molar-refractivity contribution in [2.45, 2.75) is 45.1 Å². The van der Waals surface area contributed by atoms with Crippen LogP contribution >= 0.6 is 11.3 Å². The van der Waals surface area contributed by atoms with Crippen LogP contribution in [0.4, 0.5) is 0 Å². The normalized spacial score (nSPS) is 32.1. The van der Waals surface area contributed by atoms with Crippen molar-refractivity contribution in [1.82, 2.24) is 4.98 Å². The van der Waals surface area contributed by atoms with Gasteiger partial charge in [0, 0.05) is 11.6 Å². The molecule has 0 aromatic carbocycles. The molecule has 1 fully saturated rings. The Kier molecular flexibility index (Phi) is 3.12. The summed E-state index contributed by atoms with van der Waals surface area (Å²) >= 11 is 1.58. The molecule has 84 valence electrons. The summed E-state index contributed by atoms with van der Waals surface area (Å²) < 4.78 is 0. The molecule has 1 heterocycles. The van der Waals surface area contributed by atoms with Crippen LogP contribution in [0.3, 0.4) is 0 Å². The maximum atomic E-state index is 10.5. The van der Waals surface area contributed by atoms with Crippen LogP contribution < -0.4 is 0 Å². The Morgan fingerprint density at radius 1 is 1.47 bits per heavy atom. The molecule has 0 saturated heterocycles. The van der Waals surface area contributed by atoms with Crippen molar-refractivity contribution in [3.8, 4) is 0 Å². The number of aromatic nitrogens is 1. The summed E-state index contributed by atoms with van der Waals surface area (Å²) in [6, 6.07) is 0. The molecule has 1 aliphatic carbocycles. The Balaban J connectivity index is 2.03. The third-order valence-electron chi connectivity index (χ3n) is 3.63. The second-order valence-electron chi connectivity index (χ2n) is 4.95. The van der Waals surface area contributed by atoms with Crippen LogP contribution in [0.2, 0.25) is 0 Å². The van der Waals surface area contributed by atoms with Gasteiger partial charge in [-0.1, -0.05) is 13.8 Å². The van der Waals surface area contributed by atoms with E-state index in [1.807, 2.05) is 5.38 Å². The monoisotopic (exact) mass is 225 g/mol. The van der Waals surface area contributed by atoms with Crippen molar-refractivity contribution in [2.24, 2.45) is 11.8 Å². The number of nitrogens with zero attached hydrogens (tertiary/aromatic N) is 1. The van der Waals surface area contributed by atoms with Gasteiger partial charge in [0.15, 0.2) is 0 Å². The van der Waals surface area contributed by atoms with E-state index in [1.54, 1.807) is 17.5 Å². The van der Waals surface area contributed by atoms with Crippen LogP contribution in [0.5, 0.6) is 0 Å². The molecule has 0 radical (unpaired) electrons. The second-order valence-corrected chi connectivity index (χ2v) is 5.84. The van der Waals surface area contributed by atoms with E-state index in [2.05, 4.69) is 18.8 Å². The van der Waals surface area contributed by atoms with E-state index in [1.165, 1.54) is 0 Å². The standard InChI is InChI=1S/C12H19NOS/c1-9(2)10-3-5-12(14,6-4-10)11-13-7-8-15-11/h7-10,14H,3-6H2,1-2H3. The highest BCUT2D eigenvalue weighted by molar-refractivity contribution is 7.09. The lowest BCUT2D eigenvalue weighted by Gasteiger charge is -2.36. The first kappa shape index (κ1) is 11.1. The Labute approximate surface area is 95.4 Å². The van der Waals surface area contributed by atoms with Crippen LogP contribution in [-0.4, -0.2) is 10.1 Å². The maximum absolute atomic E-state index is 10.5. The van der Waals surface area contributed by atoms with Crippen molar-refractivity contribution < 1.29 is 5.11 Å². The molecular weight excluding hydrogens is 206 g/mol. The minimum atomic E-state index is -0.625. The third kappa shape index (κ3) is 2.23.